The van der Waals surface area contributed by atoms with E-state index >= 15 is 0 Å². The molecule has 0 saturated heterocycles. The van der Waals surface area contributed by atoms with Crippen LogP contribution in [0.3, 0.4) is 0 Å². The maximum atomic E-state index is 5.65. The molecular formula is C17H29NO2. The molecule has 0 aromatic heterocycles. The van der Waals surface area contributed by atoms with E-state index in [1.807, 2.05) is 0 Å². The molecule has 1 unspecified atom stereocenters. The van der Waals surface area contributed by atoms with E-state index < -0.39 is 0 Å². The minimum Gasteiger partial charge on any atom is -0.496 e. The van der Waals surface area contributed by atoms with Gasteiger partial charge in [-0.2, -0.15) is 0 Å². The van der Waals surface area contributed by atoms with Gasteiger partial charge in [-0.05, 0) is 51.8 Å². The molecule has 3 heteroatoms. The number of nitrogens with one attached hydrogen (secondary N) is 1. The van der Waals surface area contributed by atoms with Crippen LogP contribution in [0.15, 0.2) is 12.1 Å². The number of ether oxygens (including phenoxy) is 2. The Labute approximate surface area is 123 Å². The topological polar surface area (TPSA) is 30.5 Å². The van der Waals surface area contributed by atoms with Crippen LogP contribution < -0.4 is 10.1 Å². The third-order valence-electron chi connectivity index (χ3n) is 3.99. The third kappa shape index (κ3) is 3.97. The average Bonchev–Trinajstić information content (AvgIpc) is 2.41. The number of aryl methyl sites for hydroxylation is 1. The monoisotopic (exact) mass is 279 g/mol. The minimum absolute atomic E-state index is 0.170. The molecule has 0 bridgehead atoms. The van der Waals surface area contributed by atoms with Crippen molar-refractivity contribution in [3.63, 3.8) is 0 Å². The molecule has 0 radical (unpaired) electrons. The third-order valence-corrected chi connectivity index (χ3v) is 3.99. The van der Waals surface area contributed by atoms with Gasteiger partial charge < -0.3 is 14.8 Å². The molecule has 1 N–H and O–H groups in total. The summed E-state index contributed by atoms with van der Waals surface area (Å²) in [5.74, 6) is 0.989. The highest BCUT2D eigenvalue weighted by molar-refractivity contribution is 5.46. The van der Waals surface area contributed by atoms with Gasteiger partial charge in [-0.25, -0.2) is 0 Å². The maximum Gasteiger partial charge on any atom is 0.126 e. The summed E-state index contributed by atoms with van der Waals surface area (Å²) in [6, 6.07) is 4.56. The van der Waals surface area contributed by atoms with Crippen molar-refractivity contribution in [3.05, 3.63) is 28.8 Å². The summed E-state index contributed by atoms with van der Waals surface area (Å²) < 4.78 is 11.2. The second-order valence-electron chi connectivity index (χ2n) is 5.91. The smallest absolute Gasteiger partial charge is 0.126 e. The van der Waals surface area contributed by atoms with E-state index in [0.717, 1.165) is 18.7 Å². The Morgan fingerprint density at radius 2 is 1.85 bits per heavy atom. The second kappa shape index (κ2) is 7.09. The van der Waals surface area contributed by atoms with Crippen LogP contribution in [-0.4, -0.2) is 26.4 Å². The fraction of sp³-hybridized carbons (Fsp3) is 0.647. The molecule has 0 heterocycles. The number of hydrogen-bond donors (Lipinski definition) is 1. The van der Waals surface area contributed by atoms with Gasteiger partial charge >= 0.3 is 0 Å². The molecule has 1 aromatic rings. The average molecular weight is 279 g/mol. The van der Waals surface area contributed by atoms with Crippen LogP contribution in [0.25, 0.3) is 0 Å². The van der Waals surface area contributed by atoms with Crippen molar-refractivity contribution in [2.45, 2.75) is 52.7 Å². The molecule has 0 aliphatic heterocycles. The number of benzene rings is 1. The van der Waals surface area contributed by atoms with Crippen LogP contribution in [-0.2, 0) is 4.74 Å². The molecule has 1 aromatic carbocycles. The molecule has 0 spiro atoms. The quantitative estimate of drug-likeness (QED) is 0.824. The molecule has 20 heavy (non-hydrogen) atoms. The van der Waals surface area contributed by atoms with Gasteiger partial charge in [0.25, 0.3) is 0 Å². The first kappa shape index (κ1) is 17.0. The number of hydrogen-bond acceptors (Lipinski definition) is 3. The van der Waals surface area contributed by atoms with Crippen LogP contribution in [0.2, 0.25) is 0 Å². The summed E-state index contributed by atoms with van der Waals surface area (Å²) in [6.45, 7) is 11.5. The fourth-order valence-corrected chi connectivity index (χ4v) is 2.47. The van der Waals surface area contributed by atoms with Crippen molar-refractivity contribution in [1.29, 1.82) is 0 Å². The van der Waals surface area contributed by atoms with E-state index in [1.165, 1.54) is 16.7 Å². The lowest BCUT2D eigenvalue weighted by atomic mass is 9.91. The molecule has 0 aliphatic carbocycles. The highest BCUT2D eigenvalue weighted by Gasteiger charge is 2.26. The lowest BCUT2D eigenvalue weighted by Crippen LogP contribution is -2.32. The molecule has 1 rings (SSSR count). The summed E-state index contributed by atoms with van der Waals surface area (Å²) in [7, 11) is 3.51. The van der Waals surface area contributed by atoms with E-state index in [-0.39, 0.29) is 11.6 Å². The number of rotatable bonds is 7. The van der Waals surface area contributed by atoms with Crippen molar-refractivity contribution in [2.24, 2.45) is 0 Å². The van der Waals surface area contributed by atoms with Gasteiger partial charge in [0.15, 0.2) is 0 Å². The predicted molar refractivity (Wildman–Crippen MR) is 84.6 cm³/mol. The van der Waals surface area contributed by atoms with Gasteiger partial charge in [-0.3, -0.25) is 0 Å². The Balaban J connectivity index is 3.18. The lowest BCUT2D eigenvalue weighted by molar-refractivity contribution is 0.00680. The zero-order valence-electron chi connectivity index (χ0n) is 14.0. The van der Waals surface area contributed by atoms with Crippen molar-refractivity contribution >= 4 is 0 Å². The zero-order valence-corrected chi connectivity index (χ0v) is 14.0. The molecule has 0 fully saturated rings. The number of methoxy groups -OCH3 is 2. The van der Waals surface area contributed by atoms with Crippen LogP contribution in [0.5, 0.6) is 5.75 Å². The SMILES string of the molecule is CCNC(CC(C)(C)OC)c1ccc(C)c(C)c1OC. The Hall–Kier alpha value is -1.06. The first-order valence-electron chi connectivity index (χ1n) is 7.29. The summed E-state index contributed by atoms with van der Waals surface area (Å²) in [5, 5.41) is 3.55. The van der Waals surface area contributed by atoms with E-state index in [9.17, 15) is 0 Å². The van der Waals surface area contributed by atoms with Gasteiger partial charge in [0, 0.05) is 18.7 Å². The van der Waals surface area contributed by atoms with Gasteiger partial charge in [0.2, 0.25) is 0 Å². The molecule has 114 valence electrons. The van der Waals surface area contributed by atoms with E-state index in [4.69, 9.17) is 9.47 Å². The minimum atomic E-state index is -0.170. The van der Waals surface area contributed by atoms with E-state index in [0.29, 0.717) is 0 Å². The molecule has 0 saturated carbocycles. The fourth-order valence-electron chi connectivity index (χ4n) is 2.47. The van der Waals surface area contributed by atoms with Crippen molar-refractivity contribution in [1.82, 2.24) is 5.32 Å². The Morgan fingerprint density at radius 3 is 2.35 bits per heavy atom. The Bertz CT molecular complexity index is 441. The highest BCUT2D eigenvalue weighted by atomic mass is 16.5. The van der Waals surface area contributed by atoms with E-state index in [2.05, 4.69) is 52.1 Å². The van der Waals surface area contributed by atoms with Crippen molar-refractivity contribution < 1.29 is 9.47 Å². The lowest BCUT2D eigenvalue weighted by Gasteiger charge is -2.30. The normalized spacial score (nSPS) is 13.3. The standard InChI is InChI=1S/C17H29NO2/c1-8-18-15(11-17(4,5)20-7)14-10-9-12(2)13(3)16(14)19-6/h9-10,15,18H,8,11H2,1-7H3. The Morgan fingerprint density at radius 1 is 1.20 bits per heavy atom. The molecule has 0 aliphatic rings. The zero-order chi connectivity index (χ0) is 15.3. The van der Waals surface area contributed by atoms with Crippen LogP contribution in [0.1, 0.15) is 49.9 Å². The van der Waals surface area contributed by atoms with Crippen molar-refractivity contribution in [2.75, 3.05) is 20.8 Å². The predicted octanol–water partition coefficient (Wildman–Crippen LogP) is 3.78. The second-order valence-corrected chi connectivity index (χ2v) is 5.91. The largest absolute Gasteiger partial charge is 0.496 e. The van der Waals surface area contributed by atoms with Gasteiger partial charge in [-0.15, -0.1) is 0 Å². The summed E-state index contributed by atoms with van der Waals surface area (Å²) in [6.07, 6.45) is 0.899. The van der Waals surface area contributed by atoms with Crippen molar-refractivity contribution in [3.8, 4) is 5.75 Å². The van der Waals surface area contributed by atoms with E-state index in [1.54, 1.807) is 14.2 Å². The van der Waals surface area contributed by atoms with Gasteiger partial charge in [-0.1, -0.05) is 19.1 Å². The van der Waals surface area contributed by atoms with Gasteiger partial charge in [0.1, 0.15) is 5.75 Å². The molecule has 1 atom stereocenters. The summed E-state index contributed by atoms with van der Waals surface area (Å²) in [4.78, 5) is 0. The highest BCUT2D eigenvalue weighted by Crippen LogP contribution is 2.35. The summed E-state index contributed by atoms with van der Waals surface area (Å²) in [5.41, 5.74) is 3.51. The maximum absolute atomic E-state index is 5.65. The first-order valence-corrected chi connectivity index (χ1v) is 7.29. The van der Waals surface area contributed by atoms with Crippen LogP contribution in [0, 0.1) is 13.8 Å². The summed E-state index contributed by atoms with van der Waals surface area (Å²) >= 11 is 0. The Kier molecular flexibility index (Phi) is 6.03. The molecule has 0 amide bonds. The first-order chi connectivity index (χ1) is 9.36. The van der Waals surface area contributed by atoms with Crippen LogP contribution in [0.4, 0.5) is 0 Å². The molecular weight excluding hydrogens is 250 g/mol. The van der Waals surface area contributed by atoms with Gasteiger partial charge in [0.05, 0.1) is 12.7 Å². The van der Waals surface area contributed by atoms with Crippen LogP contribution >= 0.6 is 0 Å². The molecule has 3 nitrogen and oxygen atoms in total.